The molecule has 5 aliphatic carbocycles. The summed E-state index contributed by atoms with van der Waals surface area (Å²) in [5.74, 6) is 3.58. The minimum absolute atomic E-state index is 0. The van der Waals surface area contributed by atoms with Crippen molar-refractivity contribution < 1.29 is 19.4 Å². The summed E-state index contributed by atoms with van der Waals surface area (Å²) in [6.07, 6.45) is 42.6. The molecule has 1 heterocycles. The van der Waals surface area contributed by atoms with Gasteiger partial charge in [0.1, 0.15) is 0 Å². The van der Waals surface area contributed by atoms with Gasteiger partial charge in [-0.25, -0.2) is 4.79 Å². The first-order valence-electron chi connectivity index (χ1n) is 21.0. The highest BCUT2D eigenvalue weighted by atomic mass is 16.5. The summed E-state index contributed by atoms with van der Waals surface area (Å²) < 4.78 is 5.21. The maximum atomic E-state index is 11.4. The van der Waals surface area contributed by atoms with Crippen LogP contribution in [0.4, 0.5) is 0 Å². The molecule has 8 atom stereocenters. The normalized spacial score (nSPS) is 33.0. The number of hydrogen-bond acceptors (Lipinski definition) is 4. The number of ether oxygens (including phenoxy) is 1. The van der Waals surface area contributed by atoms with E-state index in [1.807, 2.05) is 26.0 Å². The molecular formula is C50H78N2O4. The summed E-state index contributed by atoms with van der Waals surface area (Å²) in [5.41, 5.74) is 4.65. The second-order valence-electron chi connectivity index (χ2n) is 17.5. The molecule has 4 saturated carbocycles. The molecule has 6 nitrogen and oxygen atoms in total. The SMILES string of the molecule is C.C#C.C#C.C#C.CC.CC1(C)C(c2ccc(C(=O)O)cc2)=CC[C@@]2(C)C1CC[C@@]1(C)C3CC[C@@]4(C)CCCC4[C@H]3CCC12.O=CNCCCN1CCOCC1. The van der Waals surface area contributed by atoms with Gasteiger partial charge >= 0.3 is 5.97 Å². The van der Waals surface area contributed by atoms with Gasteiger partial charge in [0.05, 0.1) is 18.8 Å². The van der Waals surface area contributed by atoms with Gasteiger partial charge in [-0.3, -0.25) is 9.69 Å². The lowest BCUT2D eigenvalue weighted by Crippen LogP contribution is -2.60. The number of hydrogen-bond donors (Lipinski definition) is 2. The lowest BCUT2D eigenvalue weighted by molar-refractivity contribution is -0.176. The Morgan fingerprint density at radius 1 is 0.839 bits per heavy atom. The maximum Gasteiger partial charge on any atom is 0.335 e. The summed E-state index contributed by atoms with van der Waals surface area (Å²) in [5, 5.41) is 12.0. The van der Waals surface area contributed by atoms with Crippen LogP contribution in [0.15, 0.2) is 30.3 Å². The Kier molecular flexibility index (Phi) is 20.8. The number of morpholine rings is 1. The largest absolute Gasteiger partial charge is 0.478 e. The van der Waals surface area contributed by atoms with Crippen molar-refractivity contribution >= 4 is 18.0 Å². The van der Waals surface area contributed by atoms with Crippen LogP contribution in [0.5, 0.6) is 0 Å². The van der Waals surface area contributed by atoms with E-state index in [4.69, 9.17) is 4.74 Å². The van der Waals surface area contributed by atoms with E-state index in [-0.39, 0.29) is 12.8 Å². The van der Waals surface area contributed by atoms with Crippen molar-refractivity contribution in [3.05, 3.63) is 41.5 Å². The Bertz CT molecular complexity index is 1420. The van der Waals surface area contributed by atoms with Crippen LogP contribution >= 0.6 is 0 Å². The number of carboxylic acid groups (broad SMARTS) is 1. The topological polar surface area (TPSA) is 78.9 Å². The van der Waals surface area contributed by atoms with Crippen molar-refractivity contribution in [1.82, 2.24) is 10.2 Å². The molecule has 7 rings (SSSR count). The molecular weight excluding hydrogens is 693 g/mol. The zero-order chi connectivity index (χ0) is 41.5. The lowest BCUT2D eigenvalue weighted by Gasteiger charge is -2.68. The van der Waals surface area contributed by atoms with E-state index < -0.39 is 5.97 Å². The molecule has 2 N–H and O–H groups in total. The van der Waals surface area contributed by atoms with Gasteiger partial charge in [-0.05, 0) is 145 Å². The third-order valence-electron chi connectivity index (χ3n) is 15.0. The zero-order valence-corrected chi connectivity index (χ0v) is 35.5. The van der Waals surface area contributed by atoms with Gasteiger partial charge in [0.2, 0.25) is 6.41 Å². The van der Waals surface area contributed by atoms with Crippen LogP contribution in [0.1, 0.15) is 142 Å². The van der Waals surface area contributed by atoms with Crippen molar-refractivity contribution in [2.75, 3.05) is 39.4 Å². The molecule has 56 heavy (non-hydrogen) atoms. The Morgan fingerprint density at radius 2 is 1.46 bits per heavy atom. The minimum atomic E-state index is -0.844. The van der Waals surface area contributed by atoms with Crippen LogP contribution in [0.2, 0.25) is 0 Å². The standard InChI is InChI=1S/C33H46O2.C8H16N2O2.C2H6.3C2H2.CH4/c1-30(2)24(21-8-10-22(11-9-21)29(34)35)15-19-33(5)27(30)16-20-32(4)26-14-18-31(3)17-6-7-25(31)23(26)12-13-28(32)33;11-8-9-2-1-3-10-4-6-12-7-5-10;4*1-2;/h8-11,15,23,25-28H,6-7,12-14,16-20H2,1-5H3,(H,34,35);8H,1-7H2,(H,9,11);1-2H3;3*1-2H;1H4/t23-,25?,26?,27?,28?,31-,32+,33+;;;;;;/m1....../s1. The number of amides is 1. The lowest BCUT2D eigenvalue weighted by atomic mass is 9.36. The van der Waals surface area contributed by atoms with E-state index in [1.165, 1.54) is 75.3 Å². The molecule has 1 amide bonds. The number of carbonyl (C=O) groups is 2. The molecule has 0 radical (unpaired) electrons. The van der Waals surface area contributed by atoms with E-state index in [9.17, 15) is 14.7 Å². The minimum Gasteiger partial charge on any atom is -0.478 e. The molecule has 1 aliphatic heterocycles. The van der Waals surface area contributed by atoms with Gasteiger partial charge in [-0.2, -0.15) is 0 Å². The first-order chi connectivity index (χ1) is 26.4. The average molecular weight is 771 g/mol. The van der Waals surface area contributed by atoms with Crippen LogP contribution in [0.25, 0.3) is 5.57 Å². The second kappa shape index (κ2) is 23.0. The molecule has 4 unspecified atom stereocenters. The fourth-order valence-electron chi connectivity index (χ4n) is 12.7. The number of rotatable bonds is 7. The number of benzene rings is 1. The number of carbonyl (C=O) groups excluding carboxylic acids is 1. The molecule has 312 valence electrons. The number of fused-ring (bicyclic) bond motifs is 7. The van der Waals surface area contributed by atoms with Crippen molar-refractivity contribution in [2.45, 2.75) is 127 Å². The fraction of sp³-hybridized carbons (Fsp3) is 0.680. The average Bonchev–Trinajstić information content (AvgIpc) is 3.62. The monoisotopic (exact) mass is 771 g/mol. The summed E-state index contributed by atoms with van der Waals surface area (Å²) in [6.45, 7) is 22.6. The summed E-state index contributed by atoms with van der Waals surface area (Å²) in [7, 11) is 0. The van der Waals surface area contributed by atoms with Crippen LogP contribution in [-0.2, 0) is 9.53 Å². The Morgan fingerprint density at radius 3 is 2.05 bits per heavy atom. The number of allylic oxidation sites excluding steroid dienone is 2. The fourth-order valence-corrected chi connectivity index (χ4v) is 12.7. The predicted octanol–water partition coefficient (Wildman–Crippen LogP) is 10.7. The maximum absolute atomic E-state index is 11.4. The highest BCUT2D eigenvalue weighted by molar-refractivity contribution is 5.88. The third-order valence-corrected chi connectivity index (χ3v) is 15.0. The van der Waals surface area contributed by atoms with Crippen molar-refractivity contribution in [2.24, 2.45) is 51.2 Å². The Hall–Kier alpha value is -3.50. The van der Waals surface area contributed by atoms with Gasteiger partial charge in [-0.15, -0.1) is 38.5 Å². The Labute approximate surface area is 343 Å². The molecule has 6 aliphatic rings. The third kappa shape index (κ3) is 10.5. The highest BCUT2D eigenvalue weighted by Crippen LogP contribution is 2.73. The van der Waals surface area contributed by atoms with Crippen molar-refractivity contribution in [3.8, 4) is 38.5 Å². The number of nitrogens with one attached hydrogen (secondary N) is 1. The number of aromatic carboxylic acids is 1. The van der Waals surface area contributed by atoms with Crippen molar-refractivity contribution in [1.29, 1.82) is 0 Å². The number of terminal acetylenes is 3. The number of carboxylic acids is 1. The summed E-state index contributed by atoms with van der Waals surface area (Å²) >= 11 is 0. The molecule has 6 heteroatoms. The van der Waals surface area contributed by atoms with Gasteiger partial charge in [0.25, 0.3) is 0 Å². The molecule has 1 aromatic rings. The van der Waals surface area contributed by atoms with Crippen LogP contribution in [0.3, 0.4) is 0 Å². The van der Waals surface area contributed by atoms with E-state index in [2.05, 4.69) is 89.5 Å². The van der Waals surface area contributed by atoms with Gasteiger partial charge in [0.15, 0.2) is 0 Å². The molecule has 1 saturated heterocycles. The molecule has 0 spiro atoms. The quantitative estimate of drug-likeness (QED) is 0.164. The highest BCUT2D eigenvalue weighted by Gasteiger charge is 2.64. The van der Waals surface area contributed by atoms with Crippen LogP contribution < -0.4 is 5.32 Å². The summed E-state index contributed by atoms with van der Waals surface area (Å²) in [6, 6.07) is 7.64. The van der Waals surface area contributed by atoms with Crippen LogP contribution in [0, 0.1) is 89.8 Å². The molecule has 1 aromatic carbocycles. The zero-order valence-electron chi connectivity index (χ0n) is 35.5. The van der Waals surface area contributed by atoms with Crippen LogP contribution in [-0.4, -0.2) is 61.8 Å². The van der Waals surface area contributed by atoms with E-state index in [0.717, 1.165) is 75.9 Å². The second-order valence-corrected chi connectivity index (χ2v) is 17.5. The predicted molar refractivity (Wildman–Crippen MR) is 237 cm³/mol. The smallest absolute Gasteiger partial charge is 0.335 e. The molecule has 0 aromatic heterocycles. The number of nitrogens with zero attached hydrogens (tertiary/aromatic N) is 1. The molecule has 0 bridgehead atoms. The van der Waals surface area contributed by atoms with E-state index >= 15 is 0 Å². The van der Waals surface area contributed by atoms with E-state index in [1.54, 1.807) is 12.1 Å². The van der Waals surface area contributed by atoms with E-state index in [0.29, 0.717) is 27.7 Å². The first-order valence-corrected chi connectivity index (χ1v) is 21.0. The van der Waals surface area contributed by atoms with Gasteiger partial charge in [0, 0.05) is 19.6 Å². The first kappa shape index (κ1) is 50.5. The Balaban J connectivity index is 0.000000630. The van der Waals surface area contributed by atoms with Gasteiger partial charge in [-0.1, -0.05) is 80.5 Å². The molecule has 5 fully saturated rings. The van der Waals surface area contributed by atoms with Gasteiger partial charge < -0.3 is 15.2 Å². The summed E-state index contributed by atoms with van der Waals surface area (Å²) in [4.78, 5) is 23.6. The van der Waals surface area contributed by atoms with Crippen molar-refractivity contribution in [3.63, 3.8) is 0 Å².